The van der Waals surface area contributed by atoms with Gasteiger partial charge in [0.2, 0.25) is 0 Å². The fourth-order valence-corrected chi connectivity index (χ4v) is 1.10. The average molecular weight is 215 g/mol. The molecule has 2 N–H and O–H groups in total. The normalized spacial score (nSPS) is 10.0. The number of aryl methyl sites for hydroxylation is 1. The van der Waals surface area contributed by atoms with Crippen LogP contribution < -0.4 is 5.73 Å². The molecule has 0 aromatic carbocycles. The second-order valence-electron chi connectivity index (χ2n) is 2.38. The quantitative estimate of drug-likeness (QED) is 0.780. The van der Waals surface area contributed by atoms with Crippen LogP contribution in [0.25, 0.3) is 0 Å². The molecule has 0 aliphatic heterocycles. The zero-order valence-electron chi connectivity index (χ0n) is 6.26. The number of nitrogens with zero attached hydrogens (tertiary/aromatic N) is 1. The Balaban J connectivity index is 2.52. The summed E-state index contributed by atoms with van der Waals surface area (Å²) in [5.74, 6) is 0. The molecule has 0 aliphatic rings. The van der Waals surface area contributed by atoms with Crippen LogP contribution in [-0.4, -0.2) is 11.5 Å². The van der Waals surface area contributed by atoms with Gasteiger partial charge < -0.3 is 5.73 Å². The van der Waals surface area contributed by atoms with Crippen molar-refractivity contribution in [2.45, 2.75) is 12.8 Å². The summed E-state index contributed by atoms with van der Waals surface area (Å²) >= 11 is 3.28. The Morgan fingerprint density at radius 3 is 2.82 bits per heavy atom. The van der Waals surface area contributed by atoms with Crippen LogP contribution in [0.4, 0.5) is 0 Å². The van der Waals surface area contributed by atoms with E-state index in [1.54, 1.807) is 0 Å². The monoisotopic (exact) mass is 214 g/mol. The standard InChI is InChI=1S/C8H11BrN2/c9-8-4-3-7(6-11-8)2-1-5-10/h3-4,6H,1-2,5,10H2. The Bertz CT molecular complexity index is 208. The van der Waals surface area contributed by atoms with Gasteiger partial charge in [0.15, 0.2) is 0 Å². The van der Waals surface area contributed by atoms with Crippen LogP contribution in [0.3, 0.4) is 0 Å². The van der Waals surface area contributed by atoms with Crippen molar-refractivity contribution in [1.29, 1.82) is 0 Å². The van der Waals surface area contributed by atoms with E-state index < -0.39 is 0 Å². The molecule has 0 radical (unpaired) electrons. The molecular weight excluding hydrogens is 204 g/mol. The van der Waals surface area contributed by atoms with Crippen molar-refractivity contribution in [1.82, 2.24) is 4.98 Å². The summed E-state index contributed by atoms with van der Waals surface area (Å²) in [5.41, 5.74) is 6.63. The summed E-state index contributed by atoms with van der Waals surface area (Å²) in [5, 5.41) is 0. The number of rotatable bonds is 3. The van der Waals surface area contributed by atoms with Gasteiger partial charge >= 0.3 is 0 Å². The number of aromatic nitrogens is 1. The molecule has 60 valence electrons. The van der Waals surface area contributed by atoms with Gasteiger partial charge in [0, 0.05) is 6.20 Å². The maximum absolute atomic E-state index is 5.38. The lowest BCUT2D eigenvalue weighted by Gasteiger charge is -1.97. The van der Waals surface area contributed by atoms with E-state index in [-0.39, 0.29) is 0 Å². The molecule has 3 heteroatoms. The van der Waals surface area contributed by atoms with Crippen molar-refractivity contribution in [2.24, 2.45) is 5.73 Å². The van der Waals surface area contributed by atoms with Gasteiger partial charge in [-0.25, -0.2) is 4.98 Å². The number of hydrogen-bond donors (Lipinski definition) is 1. The summed E-state index contributed by atoms with van der Waals surface area (Å²) in [6.45, 7) is 0.746. The van der Waals surface area contributed by atoms with Crippen LogP contribution in [-0.2, 0) is 6.42 Å². The molecule has 0 atom stereocenters. The predicted octanol–water partition coefficient (Wildman–Crippen LogP) is 1.74. The Labute approximate surface area is 75.0 Å². The van der Waals surface area contributed by atoms with E-state index >= 15 is 0 Å². The highest BCUT2D eigenvalue weighted by molar-refractivity contribution is 9.10. The van der Waals surface area contributed by atoms with Gasteiger partial charge in [-0.3, -0.25) is 0 Å². The molecule has 0 aliphatic carbocycles. The molecule has 1 heterocycles. The van der Waals surface area contributed by atoms with Crippen LogP contribution in [0.2, 0.25) is 0 Å². The second kappa shape index (κ2) is 4.46. The number of nitrogens with two attached hydrogens (primary N) is 1. The zero-order valence-corrected chi connectivity index (χ0v) is 7.84. The van der Waals surface area contributed by atoms with Gasteiger partial charge in [0.1, 0.15) is 4.60 Å². The molecule has 0 spiro atoms. The Morgan fingerprint density at radius 2 is 2.27 bits per heavy atom. The number of pyridine rings is 1. The first-order valence-electron chi connectivity index (χ1n) is 3.63. The third kappa shape index (κ3) is 2.99. The van der Waals surface area contributed by atoms with Crippen molar-refractivity contribution >= 4 is 15.9 Å². The molecule has 1 rings (SSSR count). The molecule has 1 aromatic rings. The minimum absolute atomic E-state index is 0.746. The van der Waals surface area contributed by atoms with Gasteiger partial charge in [-0.05, 0) is 46.9 Å². The highest BCUT2D eigenvalue weighted by atomic mass is 79.9. The zero-order chi connectivity index (χ0) is 8.10. The van der Waals surface area contributed by atoms with Crippen molar-refractivity contribution in [3.63, 3.8) is 0 Å². The fraction of sp³-hybridized carbons (Fsp3) is 0.375. The highest BCUT2D eigenvalue weighted by Gasteiger charge is 1.91. The summed E-state index contributed by atoms with van der Waals surface area (Å²) in [6.07, 6.45) is 3.93. The number of hydrogen-bond acceptors (Lipinski definition) is 2. The molecule has 1 aromatic heterocycles. The van der Waals surface area contributed by atoms with Crippen molar-refractivity contribution in [2.75, 3.05) is 6.54 Å². The van der Waals surface area contributed by atoms with Gasteiger partial charge in [-0.15, -0.1) is 0 Å². The first kappa shape index (κ1) is 8.68. The lowest BCUT2D eigenvalue weighted by molar-refractivity contribution is 0.828. The smallest absolute Gasteiger partial charge is 0.106 e. The van der Waals surface area contributed by atoms with E-state index in [0.717, 1.165) is 24.0 Å². The van der Waals surface area contributed by atoms with Crippen LogP contribution in [0.15, 0.2) is 22.9 Å². The molecule has 0 saturated carbocycles. The molecule has 0 unspecified atom stereocenters. The van der Waals surface area contributed by atoms with Crippen molar-refractivity contribution < 1.29 is 0 Å². The van der Waals surface area contributed by atoms with Crippen LogP contribution in [0.1, 0.15) is 12.0 Å². The third-order valence-electron chi connectivity index (χ3n) is 1.46. The molecule has 11 heavy (non-hydrogen) atoms. The summed E-state index contributed by atoms with van der Waals surface area (Å²) in [7, 11) is 0. The lowest BCUT2D eigenvalue weighted by atomic mass is 10.2. The van der Waals surface area contributed by atoms with Crippen LogP contribution in [0, 0.1) is 0 Å². The SMILES string of the molecule is NCCCc1ccc(Br)nc1. The van der Waals surface area contributed by atoms with Crippen LogP contribution >= 0.6 is 15.9 Å². The van der Waals surface area contributed by atoms with Gasteiger partial charge in [0.05, 0.1) is 0 Å². The second-order valence-corrected chi connectivity index (χ2v) is 3.19. The Kier molecular flexibility index (Phi) is 3.52. The Hall–Kier alpha value is -0.410. The first-order valence-corrected chi connectivity index (χ1v) is 4.42. The summed E-state index contributed by atoms with van der Waals surface area (Å²) in [4.78, 5) is 4.11. The van der Waals surface area contributed by atoms with E-state index in [1.165, 1.54) is 5.56 Å². The largest absolute Gasteiger partial charge is 0.330 e. The maximum Gasteiger partial charge on any atom is 0.106 e. The molecule has 0 fully saturated rings. The topological polar surface area (TPSA) is 38.9 Å². The van der Waals surface area contributed by atoms with E-state index in [2.05, 4.69) is 27.0 Å². The minimum Gasteiger partial charge on any atom is -0.330 e. The van der Waals surface area contributed by atoms with Gasteiger partial charge in [-0.2, -0.15) is 0 Å². The maximum atomic E-state index is 5.38. The summed E-state index contributed by atoms with van der Waals surface area (Å²) in [6, 6.07) is 4.01. The Morgan fingerprint density at radius 1 is 1.45 bits per heavy atom. The third-order valence-corrected chi connectivity index (χ3v) is 1.93. The highest BCUT2D eigenvalue weighted by Crippen LogP contribution is 2.07. The van der Waals surface area contributed by atoms with Crippen LogP contribution in [0.5, 0.6) is 0 Å². The molecule has 2 nitrogen and oxygen atoms in total. The molecular formula is C8H11BrN2. The molecule has 0 saturated heterocycles. The predicted molar refractivity (Wildman–Crippen MR) is 49.3 cm³/mol. The van der Waals surface area contributed by atoms with Crippen molar-refractivity contribution in [3.05, 3.63) is 28.5 Å². The lowest BCUT2D eigenvalue weighted by Crippen LogP contribution is -2.00. The van der Waals surface area contributed by atoms with Gasteiger partial charge in [-0.1, -0.05) is 6.07 Å². The molecule has 0 bridgehead atoms. The molecule has 0 amide bonds. The minimum atomic E-state index is 0.746. The van der Waals surface area contributed by atoms with E-state index in [9.17, 15) is 0 Å². The van der Waals surface area contributed by atoms with E-state index in [4.69, 9.17) is 5.73 Å². The average Bonchev–Trinajstić information content (AvgIpc) is 2.04. The van der Waals surface area contributed by atoms with E-state index in [1.807, 2.05) is 12.3 Å². The van der Waals surface area contributed by atoms with Gasteiger partial charge in [0.25, 0.3) is 0 Å². The summed E-state index contributed by atoms with van der Waals surface area (Å²) < 4.78 is 0.883. The fourth-order valence-electron chi connectivity index (χ4n) is 0.861. The first-order chi connectivity index (χ1) is 5.33. The van der Waals surface area contributed by atoms with E-state index in [0.29, 0.717) is 0 Å². The number of halogens is 1. The van der Waals surface area contributed by atoms with Crippen molar-refractivity contribution in [3.8, 4) is 0 Å².